The third kappa shape index (κ3) is 7.85. The molecular weight excluding hydrogens is 959 g/mol. The molecule has 8 aromatic carbocycles. The standard InChI is InChI=1S/C39H33N2.C20H16NO.Ir/c1-25(2)34-23-31(27-12-6-5-7-13-27)24-35(26(3)4)38(34)41-37-17-11-10-16-36(37)40-39(41)30-20-21-33-29(22-30)19-18-28-14-8-9-15-32(28)33;1-13(2)15-9-6-10-16-17-12-21-18(11-19(17)22-20(15)16)14-7-4-3-5-8-14;/h5-19,21-26H,1-4H3;3-7,9-13H,1-2H3;/q2*-1;. The minimum absolute atomic E-state index is 0. The SMILES string of the molecule is CC(C)c1cc(-c2ccccc2)cc(C(C)C)c1-n1c(-c2[c-]cc3c(ccc4ccccc43)c2)nc2ccccc21.CC(C)c1cccc2c1oc1cc(-c3[c-]cccc3)ncc12.[Ir]. The van der Waals surface area contributed by atoms with E-state index in [1.54, 1.807) is 0 Å². The van der Waals surface area contributed by atoms with Crippen molar-refractivity contribution in [2.24, 2.45) is 0 Å². The maximum absolute atomic E-state index is 6.15. The first-order valence-electron chi connectivity index (χ1n) is 22.1. The van der Waals surface area contributed by atoms with Crippen LogP contribution in [0.3, 0.4) is 0 Å². The van der Waals surface area contributed by atoms with Gasteiger partial charge in [-0.2, -0.15) is 0 Å². The van der Waals surface area contributed by atoms with E-state index in [1.807, 2.05) is 36.5 Å². The second kappa shape index (κ2) is 17.8. The van der Waals surface area contributed by atoms with Gasteiger partial charge in [-0.05, 0) is 87.0 Å². The molecule has 317 valence electrons. The van der Waals surface area contributed by atoms with Gasteiger partial charge in [-0.15, -0.1) is 65.0 Å². The van der Waals surface area contributed by atoms with Crippen molar-refractivity contribution in [2.45, 2.75) is 59.3 Å². The topological polar surface area (TPSA) is 43.9 Å². The van der Waals surface area contributed by atoms with Gasteiger partial charge in [-0.1, -0.05) is 149 Å². The number of hydrogen-bond acceptors (Lipinski definition) is 3. The number of nitrogens with zero attached hydrogens (tertiary/aromatic N) is 3. The van der Waals surface area contributed by atoms with Crippen LogP contribution in [0.1, 0.15) is 76.0 Å². The Morgan fingerprint density at radius 1 is 0.531 bits per heavy atom. The molecule has 11 rings (SSSR count). The van der Waals surface area contributed by atoms with Crippen molar-refractivity contribution in [2.75, 3.05) is 0 Å². The first-order valence-corrected chi connectivity index (χ1v) is 22.1. The van der Waals surface area contributed by atoms with E-state index in [2.05, 4.69) is 197 Å². The van der Waals surface area contributed by atoms with Gasteiger partial charge >= 0.3 is 0 Å². The molecule has 1 radical (unpaired) electrons. The van der Waals surface area contributed by atoms with Gasteiger partial charge < -0.3 is 14.0 Å². The molecule has 0 amide bonds. The van der Waals surface area contributed by atoms with Gasteiger partial charge in [0.2, 0.25) is 0 Å². The molecule has 11 aromatic rings. The normalized spacial score (nSPS) is 11.6. The van der Waals surface area contributed by atoms with E-state index >= 15 is 0 Å². The second-order valence-corrected chi connectivity index (χ2v) is 17.4. The first-order chi connectivity index (χ1) is 30.7. The van der Waals surface area contributed by atoms with Crippen molar-refractivity contribution in [3.63, 3.8) is 0 Å². The van der Waals surface area contributed by atoms with E-state index in [9.17, 15) is 0 Å². The van der Waals surface area contributed by atoms with E-state index < -0.39 is 0 Å². The van der Waals surface area contributed by atoms with Gasteiger partial charge in [-0.25, -0.2) is 0 Å². The molecule has 0 spiro atoms. The Kier molecular flexibility index (Phi) is 11.9. The minimum atomic E-state index is 0. The fourth-order valence-corrected chi connectivity index (χ4v) is 8.99. The van der Waals surface area contributed by atoms with E-state index in [4.69, 9.17) is 9.40 Å². The van der Waals surface area contributed by atoms with Crippen LogP contribution in [0.4, 0.5) is 0 Å². The van der Waals surface area contributed by atoms with E-state index in [1.165, 1.54) is 55.0 Å². The number of furan rings is 1. The third-order valence-corrected chi connectivity index (χ3v) is 12.2. The van der Waals surface area contributed by atoms with Crippen LogP contribution in [0.2, 0.25) is 0 Å². The molecule has 0 bridgehead atoms. The molecule has 0 unspecified atom stereocenters. The molecule has 5 heteroatoms. The molecule has 0 aliphatic rings. The first kappa shape index (κ1) is 42.6. The molecule has 0 aliphatic heterocycles. The molecule has 3 heterocycles. The summed E-state index contributed by atoms with van der Waals surface area (Å²) >= 11 is 0. The van der Waals surface area contributed by atoms with Crippen LogP contribution in [0.25, 0.3) is 94.0 Å². The zero-order valence-electron chi connectivity index (χ0n) is 37.0. The Hall–Kier alpha value is -6.65. The van der Waals surface area contributed by atoms with Crippen LogP contribution in [-0.4, -0.2) is 14.5 Å². The third-order valence-electron chi connectivity index (χ3n) is 12.2. The van der Waals surface area contributed by atoms with Gasteiger partial charge in [0, 0.05) is 42.8 Å². The van der Waals surface area contributed by atoms with Crippen LogP contribution < -0.4 is 0 Å². The average molecular weight is 1010 g/mol. The summed E-state index contributed by atoms with van der Waals surface area (Å²) in [4.78, 5) is 9.82. The molecule has 4 nitrogen and oxygen atoms in total. The van der Waals surface area contributed by atoms with Crippen LogP contribution in [0.15, 0.2) is 174 Å². The second-order valence-electron chi connectivity index (χ2n) is 17.4. The summed E-state index contributed by atoms with van der Waals surface area (Å²) in [5, 5.41) is 7.11. The van der Waals surface area contributed by atoms with Gasteiger partial charge in [0.1, 0.15) is 11.2 Å². The summed E-state index contributed by atoms with van der Waals surface area (Å²) in [6.07, 6.45) is 1.90. The molecule has 0 N–H and O–H groups in total. The zero-order valence-corrected chi connectivity index (χ0v) is 39.4. The number of hydrogen-bond donors (Lipinski definition) is 0. The largest absolute Gasteiger partial charge is 0.456 e. The van der Waals surface area contributed by atoms with Crippen LogP contribution in [0.5, 0.6) is 0 Å². The predicted molar refractivity (Wildman–Crippen MR) is 264 cm³/mol. The van der Waals surface area contributed by atoms with Crippen molar-refractivity contribution >= 4 is 54.5 Å². The number of rotatable bonds is 7. The summed E-state index contributed by atoms with van der Waals surface area (Å²) < 4.78 is 8.55. The zero-order chi connectivity index (χ0) is 43.2. The Bertz CT molecular complexity index is 3410. The van der Waals surface area contributed by atoms with Gasteiger partial charge in [-0.3, -0.25) is 4.98 Å². The summed E-state index contributed by atoms with van der Waals surface area (Å²) in [5.74, 6) is 2.01. The van der Waals surface area contributed by atoms with E-state index in [0.29, 0.717) is 17.8 Å². The number of pyridine rings is 1. The number of fused-ring (bicyclic) bond motifs is 7. The molecular formula is C59H49IrN3O-2. The number of aromatic nitrogens is 3. The van der Waals surface area contributed by atoms with Crippen LogP contribution >= 0.6 is 0 Å². The molecule has 64 heavy (non-hydrogen) atoms. The summed E-state index contributed by atoms with van der Waals surface area (Å²) in [6.45, 7) is 13.6. The van der Waals surface area contributed by atoms with E-state index in [-0.39, 0.29) is 20.1 Å². The van der Waals surface area contributed by atoms with Gasteiger partial charge in [0.05, 0.1) is 16.9 Å². The van der Waals surface area contributed by atoms with Crippen molar-refractivity contribution in [3.05, 3.63) is 199 Å². The molecule has 0 saturated carbocycles. The van der Waals surface area contributed by atoms with Gasteiger partial charge in [0.15, 0.2) is 0 Å². The number of para-hydroxylation sites is 3. The van der Waals surface area contributed by atoms with Gasteiger partial charge in [0.25, 0.3) is 0 Å². The van der Waals surface area contributed by atoms with E-state index in [0.717, 1.165) is 55.6 Å². The monoisotopic (exact) mass is 1010 g/mol. The maximum Gasteiger partial charge on any atom is 0.138 e. The summed E-state index contributed by atoms with van der Waals surface area (Å²) in [5.41, 5.74) is 14.5. The number of imidazole rings is 1. The van der Waals surface area contributed by atoms with Crippen LogP contribution in [-0.2, 0) is 20.1 Å². The Balaban J connectivity index is 0.000000190. The Morgan fingerprint density at radius 3 is 1.97 bits per heavy atom. The van der Waals surface area contributed by atoms with Crippen molar-refractivity contribution in [1.29, 1.82) is 0 Å². The molecule has 0 saturated heterocycles. The minimum Gasteiger partial charge on any atom is -0.456 e. The summed E-state index contributed by atoms with van der Waals surface area (Å²) in [7, 11) is 0. The molecule has 0 aliphatic carbocycles. The number of benzene rings is 8. The maximum atomic E-state index is 6.15. The average Bonchev–Trinajstić information content (AvgIpc) is 3.90. The summed E-state index contributed by atoms with van der Waals surface area (Å²) in [6, 6.07) is 64.4. The fourth-order valence-electron chi connectivity index (χ4n) is 8.99. The molecule has 3 aromatic heterocycles. The predicted octanol–water partition coefficient (Wildman–Crippen LogP) is 16.3. The molecule has 0 atom stereocenters. The quantitative estimate of drug-likeness (QED) is 0.118. The Morgan fingerprint density at radius 2 is 1.22 bits per heavy atom. The molecule has 0 fully saturated rings. The van der Waals surface area contributed by atoms with Crippen molar-refractivity contribution < 1.29 is 24.5 Å². The smallest absolute Gasteiger partial charge is 0.138 e. The van der Waals surface area contributed by atoms with Crippen LogP contribution in [0, 0.1) is 12.1 Å². The van der Waals surface area contributed by atoms with Crippen molar-refractivity contribution in [3.8, 4) is 39.5 Å². The fraction of sp³-hybridized carbons (Fsp3) is 0.153. The van der Waals surface area contributed by atoms with Crippen molar-refractivity contribution in [1.82, 2.24) is 14.5 Å². The Labute approximate surface area is 389 Å².